The highest BCUT2D eigenvalue weighted by atomic mass is 16.1. The summed E-state index contributed by atoms with van der Waals surface area (Å²) in [5.74, 6) is 0.349. The van der Waals surface area contributed by atoms with Crippen molar-refractivity contribution in [3.05, 3.63) is 45.4 Å². The summed E-state index contributed by atoms with van der Waals surface area (Å²) in [4.78, 5) is 17.9. The van der Waals surface area contributed by atoms with Crippen LogP contribution in [0.25, 0.3) is 0 Å². The number of rotatable bonds is 6. The van der Waals surface area contributed by atoms with Gasteiger partial charge in [-0.05, 0) is 46.6 Å². The molecule has 108 valence electrons. The molecule has 0 aromatic carbocycles. The molecule has 1 heterocycles. The van der Waals surface area contributed by atoms with Gasteiger partial charge in [-0.2, -0.15) is 5.10 Å². The predicted molar refractivity (Wildman–Crippen MR) is 84.1 cm³/mol. The molecule has 0 aliphatic heterocycles. The predicted octanol–water partition coefficient (Wildman–Crippen LogP) is 3.17. The monoisotopic (exact) mass is 274 g/mol. The Balaban J connectivity index is 2.48. The van der Waals surface area contributed by atoms with Crippen molar-refractivity contribution < 1.29 is 0 Å². The van der Waals surface area contributed by atoms with E-state index >= 15 is 0 Å². The van der Waals surface area contributed by atoms with Crippen molar-refractivity contribution >= 4 is 12.2 Å². The maximum atomic E-state index is 11.2. The third-order valence-electron chi connectivity index (χ3n) is 2.57. The molecule has 1 aromatic rings. The number of hydrogen-bond acceptors (Lipinski definition) is 4. The third kappa shape index (κ3) is 6.68. The zero-order valence-electron chi connectivity index (χ0n) is 12.5. The Morgan fingerprint density at radius 2 is 2.20 bits per heavy atom. The Morgan fingerprint density at radius 1 is 1.45 bits per heavy atom. The molecule has 2 N–H and O–H groups in total. The van der Waals surface area contributed by atoms with Crippen LogP contribution in [0.3, 0.4) is 0 Å². The number of H-pyrrole nitrogens is 1. The van der Waals surface area contributed by atoms with Crippen LogP contribution in [0.1, 0.15) is 39.3 Å². The Labute approximate surface area is 119 Å². The molecule has 0 saturated heterocycles. The van der Waals surface area contributed by atoms with E-state index in [2.05, 4.69) is 47.3 Å². The number of hydrogen-bond donors (Lipinski definition) is 2. The van der Waals surface area contributed by atoms with Gasteiger partial charge in [-0.3, -0.25) is 9.78 Å². The molecule has 0 saturated carbocycles. The minimum atomic E-state index is -0.191. The van der Waals surface area contributed by atoms with E-state index < -0.39 is 0 Å². The van der Waals surface area contributed by atoms with Gasteiger partial charge in [-0.1, -0.05) is 17.2 Å². The maximum Gasteiger partial charge on any atom is 0.252 e. The number of anilines is 1. The summed E-state index contributed by atoms with van der Waals surface area (Å²) in [6.07, 6.45) is 7.88. The molecular formula is C15H22N4O. The zero-order valence-corrected chi connectivity index (χ0v) is 12.5. The van der Waals surface area contributed by atoms with Gasteiger partial charge >= 0.3 is 0 Å². The number of nitrogens with one attached hydrogen (secondary N) is 2. The van der Waals surface area contributed by atoms with Gasteiger partial charge in [-0.15, -0.1) is 0 Å². The fourth-order valence-electron chi connectivity index (χ4n) is 1.57. The second-order valence-electron chi connectivity index (χ2n) is 4.96. The second kappa shape index (κ2) is 8.09. The molecule has 0 aliphatic rings. The Kier molecular flexibility index (Phi) is 6.43. The molecule has 0 unspecified atom stereocenters. The third-order valence-corrected chi connectivity index (χ3v) is 2.57. The quantitative estimate of drug-likeness (QED) is 0.475. The maximum absolute atomic E-state index is 11.2. The summed E-state index contributed by atoms with van der Waals surface area (Å²) in [6.45, 7) is 8.02. The van der Waals surface area contributed by atoms with Crippen molar-refractivity contribution in [1.29, 1.82) is 0 Å². The minimum absolute atomic E-state index is 0.191. The zero-order chi connectivity index (χ0) is 15.0. The minimum Gasteiger partial charge on any atom is -0.291 e. The second-order valence-corrected chi connectivity index (χ2v) is 4.96. The smallest absolute Gasteiger partial charge is 0.252 e. The summed E-state index contributed by atoms with van der Waals surface area (Å²) in [5.41, 5.74) is 5.75. The molecule has 0 fully saturated rings. The van der Waals surface area contributed by atoms with E-state index in [4.69, 9.17) is 0 Å². The van der Waals surface area contributed by atoms with Crippen molar-refractivity contribution in [2.45, 2.75) is 40.5 Å². The van der Waals surface area contributed by atoms with E-state index in [0.29, 0.717) is 11.6 Å². The first-order valence-electron chi connectivity index (χ1n) is 6.63. The van der Waals surface area contributed by atoms with Crippen molar-refractivity contribution in [3.8, 4) is 0 Å². The standard InChI is InChI=1S/C15H22N4O/c1-11(2)6-5-7-12(3)8-9-16-19-15-17-13(4)10-14(20)18-15/h6,8-10H,5,7H2,1-4H3,(H2,17,18,19,20). The van der Waals surface area contributed by atoms with Crippen LogP contribution in [0.2, 0.25) is 0 Å². The van der Waals surface area contributed by atoms with Crippen LogP contribution in [-0.4, -0.2) is 16.2 Å². The number of aromatic nitrogens is 2. The van der Waals surface area contributed by atoms with Crippen LogP contribution in [0.4, 0.5) is 5.95 Å². The van der Waals surface area contributed by atoms with Gasteiger partial charge in [0.2, 0.25) is 5.95 Å². The number of allylic oxidation sites excluding steroid dienone is 4. The highest BCUT2D eigenvalue weighted by Gasteiger charge is 1.94. The lowest BCUT2D eigenvalue weighted by atomic mass is 10.1. The van der Waals surface area contributed by atoms with Crippen molar-refractivity contribution in [2.24, 2.45) is 5.10 Å². The normalized spacial score (nSPS) is 11.7. The van der Waals surface area contributed by atoms with Crippen molar-refractivity contribution in [1.82, 2.24) is 9.97 Å². The number of aryl methyl sites for hydroxylation is 1. The van der Waals surface area contributed by atoms with E-state index in [1.54, 1.807) is 13.1 Å². The highest BCUT2D eigenvalue weighted by molar-refractivity contribution is 5.72. The first kappa shape index (κ1) is 15.9. The SMILES string of the molecule is CC(C)=CCCC(C)=CC=NNc1nc(C)cc(=O)[nH]1. The summed E-state index contributed by atoms with van der Waals surface area (Å²) in [5, 5.41) is 4.01. The van der Waals surface area contributed by atoms with Crippen LogP contribution in [-0.2, 0) is 0 Å². The topological polar surface area (TPSA) is 70.1 Å². The van der Waals surface area contributed by atoms with Crippen LogP contribution < -0.4 is 11.0 Å². The van der Waals surface area contributed by atoms with Gasteiger partial charge in [0, 0.05) is 18.0 Å². The first-order chi connectivity index (χ1) is 9.47. The summed E-state index contributed by atoms with van der Waals surface area (Å²) in [7, 11) is 0. The van der Waals surface area contributed by atoms with Crippen LogP contribution in [0.5, 0.6) is 0 Å². The molecule has 1 aromatic heterocycles. The first-order valence-corrected chi connectivity index (χ1v) is 6.63. The molecule has 0 bridgehead atoms. The molecule has 5 heteroatoms. The fourth-order valence-corrected chi connectivity index (χ4v) is 1.57. The Morgan fingerprint density at radius 3 is 2.85 bits per heavy atom. The van der Waals surface area contributed by atoms with Gasteiger partial charge in [0.1, 0.15) is 0 Å². The molecule has 0 amide bonds. The molecule has 0 aliphatic carbocycles. The van der Waals surface area contributed by atoms with Crippen LogP contribution in [0, 0.1) is 6.92 Å². The fraction of sp³-hybridized carbons (Fsp3) is 0.400. The van der Waals surface area contributed by atoms with Crippen molar-refractivity contribution in [2.75, 3.05) is 5.43 Å². The Bertz CT molecular complexity index is 578. The summed E-state index contributed by atoms with van der Waals surface area (Å²) >= 11 is 0. The average molecular weight is 274 g/mol. The van der Waals surface area contributed by atoms with Gasteiger partial charge < -0.3 is 0 Å². The molecule has 1 rings (SSSR count). The van der Waals surface area contributed by atoms with E-state index in [1.165, 1.54) is 17.2 Å². The molecule has 0 radical (unpaired) electrons. The van der Waals surface area contributed by atoms with E-state index in [0.717, 1.165) is 12.8 Å². The highest BCUT2D eigenvalue weighted by Crippen LogP contribution is 2.05. The molecule has 0 atom stereocenters. The lowest BCUT2D eigenvalue weighted by molar-refractivity contribution is 0.969. The number of nitrogens with zero attached hydrogens (tertiary/aromatic N) is 2. The molecule has 5 nitrogen and oxygen atoms in total. The molecule has 0 spiro atoms. The van der Waals surface area contributed by atoms with Gasteiger partial charge in [0.05, 0.1) is 0 Å². The van der Waals surface area contributed by atoms with E-state index in [9.17, 15) is 4.79 Å². The summed E-state index contributed by atoms with van der Waals surface area (Å²) < 4.78 is 0. The van der Waals surface area contributed by atoms with Gasteiger partial charge in [0.25, 0.3) is 5.56 Å². The number of aromatic amines is 1. The lowest BCUT2D eigenvalue weighted by Gasteiger charge is -1.99. The van der Waals surface area contributed by atoms with E-state index in [1.807, 2.05) is 6.08 Å². The van der Waals surface area contributed by atoms with Gasteiger partial charge in [-0.25, -0.2) is 10.4 Å². The molecular weight excluding hydrogens is 252 g/mol. The number of hydrazone groups is 1. The van der Waals surface area contributed by atoms with Crippen molar-refractivity contribution in [3.63, 3.8) is 0 Å². The largest absolute Gasteiger partial charge is 0.291 e. The summed E-state index contributed by atoms with van der Waals surface area (Å²) in [6, 6.07) is 1.43. The average Bonchev–Trinajstić information content (AvgIpc) is 2.33. The van der Waals surface area contributed by atoms with Crippen LogP contribution >= 0.6 is 0 Å². The molecule has 20 heavy (non-hydrogen) atoms. The lowest BCUT2D eigenvalue weighted by Crippen LogP contribution is -2.10. The Hall–Kier alpha value is -2.17. The van der Waals surface area contributed by atoms with Crippen LogP contribution in [0.15, 0.2) is 39.3 Å². The van der Waals surface area contributed by atoms with E-state index in [-0.39, 0.29) is 5.56 Å². The van der Waals surface area contributed by atoms with Gasteiger partial charge in [0.15, 0.2) is 0 Å².